The average molecular weight is 442 g/mol. The molecular weight excluding hydrogens is 418 g/mol. The number of ether oxygens (including phenoxy) is 2. The summed E-state index contributed by atoms with van der Waals surface area (Å²) in [6.45, 7) is 1.24. The third kappa shape index (κ3) is 5.93. The molecule has 5 N–H and O–H groups in total. The molecule has 0 saturated carbocycles. The van der Waals surface area contributed by atoms with Gasteiger partial charge in [0.2, 0.25) is 0 Å². The molecule has 3 rings (SSSR count). The lowest BCUT2D eigenvalue weighted by molar-refractivity contribution is 0.0997. The Kier molecular flexibility index (Phi) is 7.41. The van der Waals surface area contributed by atoms with Gasteiger partial charge in [-0.25, -0.2) is 4.98 Å². The highest BCUT2D eigenvalue weighted by atomic mass is 32.1. The van der Waals surface area contributed by atoms with Crippen molar-refractivity contribution in [3.8, 4) is 5.75 Å². The van der Waals surface area contributed by atoms with Gasteiger partial charge < -0.3 is 31.2 Å². The Bertz CT molecular complexity index is 1030. The number of methoxy groups -OCH3 is 2. The molecule has 0 spiro atoms. The van der Waals surface area contributed by atoms with Gasteiger partial charge >= 0.3 is 0 Å². The largest absolute Gasteiger partial charge is 0.497 e. The molecule has 31 heavy (non-hydrogen) atoms. The van der Waals surface area contributed by atoms with E-state index in [1.807, 2.05) is 12.1 Å². The summed E-state index contributed by atoms with van der Waals surface area (Å²) in [4.78, 5) is 28.7. The summed E-state index contributed by atoms with van der Waals surface area (Å²) in [5.74, 6) is -0.381. The predicted octanol–water partition coefficient (Wildman–Crippen LogP) is 3.30. The zero-order chi connectivity index (χ0) is 22.2. The van der Waals surface area contributed by atoms with Crippen molar-refractivity contribution >= 4 is 44.7 Å². The van der Waals surface area contributed by atoms with Crippen LogP contribution in [0.2, 0.25) is 0 Å². The molecule has 2 aromatic carbocycles. The van der Waals surface area contributed by atoms with Crippen LogP contribution >= 0.6 is 11.3 Å². The number of benzene rings is 2. The van der Waals surface area contributed by atoms with Crippen molar-refractivity contribution in [1.82, 2.24) is 4.98 Å². The van der Waals surface area contributed by atoms with Crippen molar-refractivity contribution in [2.45, 2.75) is 0 Å². The van der Waals surface area contributed by atoms with Crippen LogP contribution in [0.25, 0.3) is 0 Å². The van der Waals surface area contributed by atoms with Crippen LogP contribution in [0.1, 0.15) is 20.8 Å². The van der Waals surface area contributed by atoms with E-state index in [1.54, 1.807) is 50.6 Å². The molecule has 0 aliphatic rings. The summed E-state index contributed by atoms with van der Waals surface area (Å²) in [5.41, 5.74) is 7.49. The molecule has 10 heteroatoms. The van der Waals surface area contributed by atoms with E-state index in [1.165, 1.54) is 0 Å². The highest BCUT2D eigenvalue weighted by molar-refractivity contribution is 7.20. The number of carbonyl (C=O) groups is 2. The maximum atomic E-state index is 12.6. The maximum absolute atomic E-state index is 12.6. The van der Waals surface area contributed by atoms with E-state index >= 15 is 0 Å². The fourth-order valence-corrected chi connectivity index (χ4v) is 3.52. The fourth-order valence-electron chi connectivity index (χ4n) is 2.64. The van der Waals surface area contributed by atoms with Crippen LogP contribution in [0, 0.1) is 0 Å². The number of aromatic nitrogens is 1. The molecule has 2 amide bonds. The normalized spacial score (nSPS) is 10.4. The Morgan fingerprint density at radius 2 is 1.71 bits per heavy atom. The summed E-state index contributed by atoms with van der Waals surface area (Å²) >= 11 is 1.12. The zero-order valence-electron chi connectivity index (χ0n) is 17.1. The number of hydrogen-bond acceptors (Lipinski definition) is 8. The summed E-state index contributed by atoms with van der Waals surface area (Å²) in [6.07, 6.45) is 0. The van der Waals surface area contributed by atoms with E-state index in [0.29, 0.717) is 23.8 Å². The summed E-state index contributed by atoms with van der Waals surface area (Å²) in [7, 11) is 3.22. The number of anilines is 4. The molecule has 3 aromatic rings. The van der Waals surface area contributed by atoms with Crippen LogP contribution < -0.4 is 26.4 Å². The van der Waals surface area contributed by atoms with Gasteiger partial charge in [-0.1, -0.05) is 11.3 Å². The molecule has 1 aromatic heterocycles. The van der Waals surface area contributed by atoms with Gasteiger partial charge in [0.25, 0.3) is 11.8 Å². The summed E-state index contributed by atoms with van der Waals surface area (Å²) in [6, 6.07) is 14.2. The molecule has 0 atom stereocenters. The number of nitrogens with two attached hydrogens (primary N) is 1. The van der Waals surface area contributed by atoms with Gasteiger partial charge in [0.05, 0.1) is 13.7 Å². The van der Waals surface area contributed by atoms with Crippen molar-refractivity contribution in [3.63, 3.8) is 0 Å². The first-order valence-corrected chi connectivity index (χ1v) is 10.2. The van der Waals surface area contributed by atoms with Gasteiger partial charge in [0.1, 0.15) is 10.8 Å². The first-order chi connectivity index (χ1) is 15.0. The van der Waals surface area contributed by atoms with Gasteiger partial charge in [-0.15, -0.1) is 0 Å². The Morgan fingerprint density at radius 3 is 2.32 bits per heavy atom. The first kappa shape index (κ1) is 22.1. The smallest absolute Gasteiger partial charge is 0.270 e. The Morgan fingerprint density at radius 1 is 1.03 bits per heavy atom. The number of carbonyl (C=O) groups excluding carboxylic acids is 2. The molecular formula is C21H23N5O4S. The van der Waals surface area contributed by atoms with Crippen molar-refractivity contribution in [2.24, 2.45) is 5.73 Å². The highest BCUT2D eigenvalue weighted by Crippen LogP contribution is 2.31. The first-order valence-electron chi connectivity index (χ1n) is 9.36. The third-order valence-corrected chi connectivity index (χ3v) is 5.10. The zero-order valence-corrected chi connectivity index (χ0v) is 17.9. The number of nitrogens with zero attached hydrogens (tertiary/aromatic N) is 1. The summed E-state index contributed by atoms with van der Waals surface area (Å²) < 4.78 is 10.1. The molecule has 0 saturated heterocycles. The van der Waals surface area contributed by atoms with Gasteiger partial charge in [0, 0.05) is 30.6 Å². The number of nitrogens with one attached hydrogen (secondary N) is 3. The number of amides is 2. The van der Waals surface area contributed by atoms with Gasteiger partial charge in [-0.3, -0.25) is 9.59 Å². The lowest BCUT2D eigenvalue weighted by Gasteiger charge is -2.07. The molecule has 0 aliphatic carbocycles. The molecule has 9 nitrogen and oxygen atoms in total. The number of hydrogen-bond donors (Lipinski definition) is 4. The Balaban J connectivity index is 1.71. The Labute approximate surface area is 183 Å². The van der Waals surface area contributed by atoms with E-state index in [9.17, 15) is 9.59 Å². The van der Waals surface area contributed by atoms with Crippen molar-refractivity contribution in [1.29, 1.82) is 0 Å². The predicted molar refractivity (Wildman–Crippen MR) is 122 cm³/mol. The standard InChI is InChI=1S/C21H23N5O4S/c1-29-12-11-23-14-5-3-13(4-6-14)19(28)26-20-17(18(22)27)25-21(31-20)24-15-7-9-16(30-2)10-8-15/h3-10,23H,11-12H2,1-2H3,(H2,22,27)(H,24,25)(H,26,28). The minimum atomic E-state index is -0.730. The van der Waals surface area contributed by atoms with E-state index in [2.05, 4.69) is 20.9 Å². The second kappa shape index (κ2) is 10.4. The minimum absolute atomic E-state index is 0.00721. The van der Waals surface area contributed by atoms with Crippen molar-refractivity contribution < 1.29 is 19.1 Å². The van der Waals surface area contributed by atoms with Crippen LogP contribution in [-0.2, 0) is 4.74 Å². The monoisotopic (exact) mass is 441 g/mol. The SMILES string of the molecule is COCCNc1ccc(C(=O)Nc2sc(Nc3ccc(OC)cc3)nc2C(N)=O)cc1. The molecule has 0 bridgehead atoms. The number of primary amides is 1. The highest BCUT2D eigenvalue weighted by Gasteiger charge is 2.19. The molecule has 0 unspecified atom stereocenters. The van der Waals surface area contributed by atoms with E-state index in [4.69, 9.17) is 15.2 Å². The van der Waals surface area contributed by atoms with E-state index in [0.717, 1.165) is 28.5 Å². The quantitative estimate of drug-likeness (QED) is 0.355. The summed E-state index contributed by atoms with van der Waals surface area (Å²) in [5, 5.41) is 9.68. The lowest BCUT2D eigenvalue weighted by atomic mass is 10.2. The van der Waals surface area contributed by atoms with E-state index in [-0.39, 0.29) is 16.6 Å². The average Bonchev–Trinajstić information content (AvgIpc) is 3.17. The molecule has 1 heterocycles. The van der Waals surface area contributed by atoms with E-state index < -0.39 is 5.91 Å². The minimum Gasteiger partial charge on any atom is -0.497 e. The molecule has 0 radical (unpaired) electrons. The molecule has 0 aliphatic heterocycles. The van der Waals surface area contributed by atoms with Crippen LogP contribution in [0.15, 0.2) is 48.5 Å². The van der Waals surface area contributed by atoms with Crippen LogP contribution in [0.5, 0.6) is 5.75 Å². The fraction of sp³-hybridized carbons (Fsp3) is 0.190. The van der Waals surface area contributed by atoms with Crippen LogP contribution in [-0.4, -0.2) is 44.2 Å². The van der Waals surface area contributed by atoms with Crippen LogP contribution in [0.3, 0.4) is 0 Å². The van der Waals surface area contributed by atoms with Gasteiger partial charge in [0.15, 0.2) is 10.8 Å². The number of thiazole rings is 1. The second-order valence-corrected chi connectivity index (χ2v) is 7.36. The van der Waals surface area contributed by atoms with Gasteiger partial charge in [-0.05, 0) is 48.5 Å². The molecule has 0 fully saturated rings. The number of rotatable bonds is 10. The third-order valence-electron chi connectivity index (χ3n) is 4.21. The topological polar surface area (TPSA) is 128 Å². The maximum Gasteiger partial charge on any atom is 0.270 e. The molecule has 162 valence electrons. The van der Waals surface area contributed by atoms with Crippen molar-refractivity contribution in [3.05, 3.63) is 59.8 Å². The van der Waals surface area contributed by atoms with Crippen LogP contribution in [0.4, 0.5) is 21.5 Å². The van der Waals surface area contributed by atoms with Gasteiger partial charge in [-0.2, -0.15) is 0 Å². The Hall–Kier alpha value is -3.63. The lowest BCUT2D eigenvalue weighted by Crippen LogP contribution is -2.17. The second-order valence-electron chi connectivity index (χ2n) is 6.37. The van der Waals surface area contributed by atoms with Crippen molar-refractivity contribution in [2.75, 3.05) is 43.3 Å².